The topological polar surface area (TPSA) is 123 Å². The number of aliphatic hydroxyl groups excluding tert-OH is 1. The quantitative estimate of drug-likeness (QED) is 0.474. The lowest BCUT2D eigenvalue weighted by atomic mass is 9.83. The van der Waals surface area contributed by atoms with E-state index in [1.54, 1.807) is 25.3 Å². The minimum atomic E-state index is -0.616. The van der Waals surface area contributed by atoms with E-state index in [1.807, 2.05) is 13.0 Å². The number of aromatic nitrogens is 2. The van der Waals surface area contributed by atoms with Crippen molar-refractivity contribution >= 4 is 23.2 Å². The van der Waals surface area contributed by atoms with Gasteiger partial charge in [0, 0.05) is 36.5 Å². The second-order valence-electron chi connectivity index (χ2n) is 8.25. The van der Waals surface area contributed by atoms with Crippen molar-refractivity contribution in [3.05, 3.63) is 64.6 Å². The zero-order chi connectivity index (χ0) is 23.8. The molecule has 1 aliphatic rings. The number of amides is 1. The molecule has 3 aromatic rings. The minimum Gasteiger partial charge on any atom is -0.395 e. The van der Waals surface area contributed by atoms with E-state index in [1.165, 1.54) is 19.2 Å². The average Bonchev–Trinajstić information content (AvgIpc) is 3.17. The first-order valence-electron chi connectivity index (χ1n) is 10.4. The van der Waals surface area contributed by atoms with E-state index < -0.39 is 17.1 Å². The maximum absolute atomic E-state index is 14.2. The van der Waals surface area contributed by atoms with Crippen molar-refractivity contribution in [1.82, 2.24) is 15.3 Å². The number of carbonyl (C=O) groups is 1. The monoisotopic (exact) mass is 446 g/mol. The van der Waals surface area contributed by atoms with Gasteiger partial charge >= 0.3 is 0 Å². The summed E-state index contributed by atoms with van der Waals surface area (Å²) in [4.78, 5) is 20.8. The molecule has 0 fully saturated rings. The summed E-state index contributed by atoms with van der Waals surface area (Å²) < 4.78 is 14.2. The first kappa shape index (κ1) is 22.2. The first-order valence-corrected chi connectivity index (χ1v) is 10.4. The molecule has 1 unspecified atom stereocenters. The molecule has 0 saturated carbocycles. The number of anilines is 3. The highest BCUT2D eigenvalue weighted by Gasteiger charge is 2.36. The molecule has 2 heterocycles. The Bertz CT molecular complexity index is 1300. The van der Waals surface area contributed by atoms with Crippen LogP contribution in [0.25, 0.3) is 11.3 Å². The van der Waals surface area contributed by atoms with Crippen molar-refractivity contribution in [3.63, 3.8) is 0 Å². The zero-order valence-electron chi connectivity index (χ0n) is 18.5. The Labute approximate surface area is 190 Å². The number of nitrogens with one attached hydrogen (secondary N) is 3. The van der Waals surface area contributed by atoms with Crippen LogP contribution in [0.2, 0.25) is 0 Å². The summed E-state index contributed by atoms with van der Waals surface area (Å²) in [5, 5.41) is 28.3. The minimum absolute atomic E-state index is 0.0601. The highest BCUT2D eigenvalue weighted by atomic mass is 19.1. The fourth-order valence-corrected chi connectivity index (χ4v) is 3.88. The van der Waals surface area contributed by atoms with E-state index in [0.717, 1.165) is 11.3 Å². The number of benzene rings is 2. The molecule has 1 aliphatic heterocycles. The Morgan fingerprint density at radius 1 is 1.36 bits per heavy atom. The predicted octanol–water partition coefficient (Wildman–Crippen LogP) is 3.24. The van der Waals surface area contributed by atoms with Crippen LogP contribution in [0.5, 0.6) is 0 Å². The molecule has 0 aliphatic carbocycles. The Kier molecular flexibility index (Phi) is 5.70. The average molecular weight is 446 g/mol. The number of rotatable bonds is 5. The second kappa shape index (κ2) is 8.48. The molecular weight excluding hydrogens is 423 g/mol. The first-order chi connectivity index (χ1) is 15.8. The van der Waals surface area contributed by atoms with Gasteiger partial charge in [-0.05, 0) is 48.4 Å². The lowest BCUT2D eigenvalue weighted by Gasteiger charge is -2.21. The summed E-state index contributed by atoms with van der Waals surface area (Å²) >= 11 is 0. The van der Waals surface area contributed by atoms with Gasteiger partial charge in [-0.1, -0.05) is 6.92 Å². The van der Waals surface area contributed by atoms with Crippen LogP contribution in [0.1, 0.15) is 34.0 Å². The van der Waals surface area contributed by atoms with Gasteiger partial charge in [-0.2, -0.15) is 5.26 Å². The van der Waals surface area contributed by atoms with Gasteiger partial charge in [0.15, 0.2) is 0 Å². The van der Waals surface area contributed by atoms with Gasteiger partial charge in [0.2, 0.25) is 5.95 Å². The van der Waals surface area contributed by atoms with Gasteiger partial charge in [-0.25, -0.2) is 14.4 Å². The molecule has 168 valence electrons. The largest absolute Gasteiger partial charge is 0.395 e. The van der Waals surface area contributed by atoms with Gasteiger partial charge in [0.05, 0.1) is 29.1 Å². The van der Waals surface area contributed by atoms with Crippen molar-refractivity contribution in [2.24, 2.45) is 0 Å². The van der Waals surface area contributed by atoms with Crippen LogP contribution in [-0.2, 0) is 5.41 Å². The van der Waals surface area contributed by atoms with Crippen LogP contribution < -0.4 is 16.0 Å². The van der Waals surface area contributed by atoms with Crippen LogP contribution in [0, 0.1) is 24.1 Å². The smallest absolute Gasteiger partial charge is 0.254 e. The number of halogens is 1. The lowest BCUT2D eigenvalue weighted by Crippen LogP contribution is -2.28. The number of aryl methyl sites for hydroxylation is 1. The van der Waals surface area contributed by atoms with Crippen LogP contribution in [-0.4, -0.2) is 41.2 Å². The fourth-order valence-electron chi connectivity index (χ4n) is 3.88. The van der Waals surface area contributed by atoms with Gasteiger partial charge in [0.25, 0.3) is 5.91 Å². The van der Waals surface area contributed by atoms with Gasteiger partial charge in [0.1, 0.15) is 11.9 Å². The van der Waals surface area contributed by atoms with Crippen LogP contribution in [0.15, 0.2) is 36.5 Å². The fraction of sp³-hybridized carbons (Fsp3) is 0.250. The summed E-state index contributed by atoms with van der Waals surface area (Å²) in [5.74, 6) is -0.894. The molecule has 4 rings (SSSR count). The van der Waals surface area contributed by atoms with Crippen LogP contribution >= 0.6 is 0 Å². The third-order valence-corrected chi connectivity index (χ3v) is 5.90. The molecule has 1 atom stereocenters. The maximum Gasteiger partial charge on any atom is 0.254 e. The molecule has 0 bridgehead atoms. The van der Waals surface area contributed by atoms with Crippen molar-refractivity contribution < 1.29 is 14.3 Å². The van der Waals surface area contributed by atoms with E-state index >= 15 is 0 Å². The van der Waals surface area contributed by atoms with Crippen LogP contribution in [0.4, 0.5) is 21.7 Å². The highest BCUT2D eigenvalue weighted by molar-refractivity contribution is 5.95. The molecule has 1 amide bonds. The molecule has 1 aromatic heterocycles. The second-order valence-corrected chi connectivity index (χ2v) is 8.25. The maximum atomic E-state index is 14.2. The van der Waals surface area contributed by atoms with Crippen molar-refractivity contribution in [3.8, 4) is 17.3 Å². The third-order valence-electron chi connectivity index (χ3n) is 5.90. The SMILES string of the molecule is CNC(=O)c1cc(Nc2nccc(-c3cc(C#N)c4c(c3)C(C)(CO)CN4)n2)c(C)cc1F. The highest BCUT2D eigenvalue weighted by Crippen LogP contribution is 2.41. The standard InChI is InChI=1S/C24H23FN6O2/c1-13-6-18(25)16(22(33)27-3)9-20(13)31-23-28-5-4-19(30-23)14-7-15(10-26)21-17(8-14)24(2,12-32)11-29-21/h4-9,29,32H,11-12H2,1-3H3,(H,27,33)(H,28,30,31). The molecule has 9 heteroatoms. The molecule has 33 heavy (non-hydrogen) atoms. The zero-order valence-corrected chi connectivity index (χ0v) is 18.5. The molecule has 0 saturated heterocycles. The number of fused-ring (bicyclic) bond motifs is 1. The molecule has 0 spiro atoms. The van der Waals surface area contributed by atoms with Crippen molar-refractivity contribution in [2.75, 3.05) is 30.8 Å². The van der Waals surface area contributed by atoms with E-state index in [9.17, 15) is 19.6 Å². The summed E-state index contributed by atoms with van der Waals surface area (Å²) in [6, 6.07) is 10.3. The lowest BCUT2D eigenvalue weighted by molar-refractivity contribution is 0.0959. The summed E-state index contributed by atoms with van der Waals surface area (Å²) in [6.45, 7) is 4.12. The van der Waals surface area contributed by atoms with Gasteiger partial charge in [-0.3, -0.25) is 4.79 Å². The number of hydrogen-bond donors (Lipinski definition) is 4. The number of nitriles is 1. The Morgan fingerprint density at radius 2 is 2.15 bits per heavy atom. The van der Waals surface area contributed by atoms with Gasteiger partial charge < -0.3 is 21.1 Å². The molecule has 4 N–H and O–H groups in total. The summed E-state index contributed by atoms with van der Waals surface area (Å²) in [7, 11) is 1.44. The molecule has 2 aromatic carbocycles. The normalized spacial score (nSPS) is 16.5. The van der Waals surface area contributed by atoms with Crippen molar-refractivity contribution in [2.45, 2.75) is 19.3 Å². The Balaban J connectivity index is 1.73. The summed E-state index contributed by atoms with van der Waals surface area (Å²) in [6.07, 6.45) is 1.58. The van der Waals surface area contributed by atoms with E-state index in [0.29, 0.717) is 34.6 Å². The molecule has 8 nitrogen and oxygen atoms in total. The number of nitrogens with zero attached hydrogens (tertiary/aromatic N) is 3. The molecule has 0 radical (unpaired) electrons. The predicted molar refractivity (Wildman–Crippen MR) is 123 cm³/mol. The molecular formula is C24H23FN6O2. The summed E-state index contributed by atoms with van der Waals surface area (Å²) in [5.41, 5.74) is 3.83. The Morgan fingerprint density at radius 3 is 2.85 bits per heavy atom. The Hall–Kier alpha value is -4.03. The van der Waals surface area contributed by atoms with Crippen molar-refractivity contribution in [1.29, 1.82) is 5.26 Å². The van der Waals surface area contributed by atoms with E-state index in [-0.39, 0.29) is 18.1 Å². The number of hydrogen-bond acceptors (Lipinski definition) is 7. The number of carbonyl (C=O) groups excluding carboxylic acids is 1. The van der Waals surface area contributed by atoms with Gasteiger partial charge in [-0.15, -0.1) is 0 Å². The van der Waals surface area contributed by atoms with Crippen LogP contribution in [0.3, 0.4) is 0 Å². The number of aliphatic hydroxyl groups is 1. The third kappa shape index (κ3) is 3.97. The van der Waals surface area contributed by atoms with E-state index in [2.05, 4.69) is 32.0 Å². The van der Waals surface area contributed by atoms with E-state index in [4.69, 9.17) is 0 Å².